The Bertz CT molecular complexity index is 830. The molecule has 1 heterocycles. The molecule has 3 rings (SSSR count). The van der Waals surface area contributed by atoms with Crippen LogP contribution in [0.5, 0.6) is 0 Å². The Balaban J connectivity index is 1.59. The maximum absolute atomic E-state index is 12.4. The van der Waals surface area contributed by atoms with Gasteiger partial charge in [-0.15, -0.1) is 0 Å². The number of benzene rings is 2. The van der Waals surface area contributed by atoms with Gasteiger partial charge in [0.25, 0.3) is 0 Å². The summed E-state index contributed by atoms with van der Waals surface area (Å²) in [5.74, 6) is -0.846. The number of para-hydroxylation sites is 1. The number of halogens is 2. The summed E-state index contributed by atoms with van der Waals surface area (Å²) in [6, 6.07) is 14.3. The SMILES string of the molecule is O=C(NC[C@H](O)c1cccc(Br)c1)[C@@H]1CC(=O)N(c2ccccc2Cl)C1. The van der Waals surface area contributed by atoms with E-state index >= 15 is 0 Å². The standard InChI is InChI=1S/C19H18BrClN2O3/c20-14-5-3-4-12(8-14)17(24)10-22-19(26)13-9-18(25)23(11-13)16-7-2-1-6-15(16)21/h1-8,13,17,24H,9-11H2,(H,22,26)/t13-,17+/m1/s1. The molecule has 7 heteroatoms. The fourth-order valence-corrected chi connectivity index (χ4v) is 3.61. The van der Waals surface area contributed by atoms with E-state index in [1.54, 1.807) is 36.4 Å². The van der Waals surface area contributed by atoms with E-state index in [1.807, 2.05) is 12.1 Å². The number of hydrogen-bond donors (Lipinski definition) is 2. The molecule has 1 aliphatic heterocycles. The van der Waals surface area contributed by atoms with Crippen molar-refractivity contribution in [3.63, 3.8) is 0 Å². The molecule has 2 N–H and O–H groups in total. The van der Waals surface area contributed by atoms with Gasteiger partial charge < -0.3 is 15.3 Å². The average Bonchev–Trinajstić information content (AvgIpc) is 3.01. The summed E-state index contributed by atoms with van der Waals surface area (Å²) in [6.45, 7) is 0.369. The number of nitrogens with zero attached hydrogens (tertiary/aromatic N) is 1. The number of anilines is 1. The Morgan fingerprint density at radius 3 is 2.81 bits per heavy atom. The predicted molar refractivity (Wildman–Crippen MR) is 104 cm³/mol. The highest BCUT2D eigenvalue weighted by atomic mass is 79.9. The van der Waals surface area contributed by atoms with Crippen LogP contribution in [0.15, 0.2) is 53.0 Å². The number of carbonyl (C=O) groups excluding carboxylic acids is 2. The van der Waals surface area contributed by atoms with Gasteiger partial charge in [0.05, 0.1) is 22.7 Å². The van der Waals surface area contributed by atoms with Gasteiger partial charge in [-0.25, -0.2) is 0 Å². The number of aliphatic hydroxyl groups excluding tert-OH is 1. The molecule has 2 aromatic carbocycles. The fourth-order valence-electron chi connectivity index (χ4n) is 2.96. The number of aliphatic hydroxyl groups is 1. The highest BCUT2D eigenvalue weighted by Crippen LogP contribution is 2.31. The van der Waals surface area contributed by atoms with Crippen LogP contribution >= 0.6 is 27.5 Å². The topological polar surface area (TPSA) is 69.6 Å². The van der Waals surface area contributed by atoms with E-state index in [2.05, 4.69) is 21.2 Å². The smallest absolute Gasteiger partial charge is 0.227 e. The second-order valence-electron chi connectivity index (χ2n) is 6.17. The zero-order valence-electron chi connectivity index (χ0n) is 13.9. The molecule has 5 nitrogen and oxygen atoms in total. The first kappa shape index (κ1) is 18.9. The molecular formula is C19H18BrClN2O3. The molecule has 2 atom stereocenters. The molecule has 1 aliphatic rings. The van der Waals surface area contributed by atoms with E-state index in [4.69, 9.17) is 11.6 Å². The molecule has 0 bridgehead atoms. The summed E-state index contributed by atoms with van der Waals surface area (Å²) in [5.41, 5.74) is 1.32. The van der Waals surface area contributed by atoms with Crippen molar-refractivity contribution < 1.29 is 14.7 Å². The van der Waals surface area contributed by atoms with Gasteiger partial charge in [0.2, 0.25) is 11.8 Å². The van der Waals surface area contributed by atoms with Gasteiger partial charge in [-0.1, -0.05) is 51.8 Å². The lowest BCUT2D eigenvalue weighted by Crippen LogP contribution is -2.35. The zero-order chi connectivity index (χ0) is 18.7. The Hall–Kier alpha value is -1.89. The van der Waals surface area contributed by atoms with Crippen LogP contribution in [0.25, 0.3) is 0 Å². The summed E-state index contributed by atoms with van der Waals surface area (Å²) in [5, 5.41) is 13.4. The van der Waals surface area contributed by atoms with Crippen LogP contribution in [-0.2, 0) is 9.59 Å². The van der Waals surface area contributed by atoms with Gasteiger partial charge >= 0.3 is 0 Å². The third kappa shape index (κ3) is 4.26. The van der Waals surface area contributed by atoms with Crippen molar-refractivity contribution in [1.29, 1.82) is 0 Å². The molecule has 26 heavy (non-hydrogen) atoms. The summed E-state index contributed by atoms with van der Waals surface area (Å²) in [7, 11) is 0. The van der Waals surface area contributed by atoms with Crippen molar-refractivity contribution in [2.75, 3.05) is 18.0 Å². The lowest BCUT2D eigenvalue weighted by Gasteiger charge is -2.18. The summed E-state index contributed by atoms with van der Waals surface area (Å²) < 4.78 is 0.858. The Kier molecular flexibility index (Phi) is 5.96. The van der Waals surface area contributed by atoms with Crippen LogP contribution in [0.4, 0.5) is 5.69 Å². The largest absolute Gasteiger partial charge is 0.387 e. The molecule has 2 amide bonds. The maximum atomic E-state index is 12.4. The van der Waals surface area contributed by atoms with Crippen LogP contribution in [0.3, 0.4) is 0 Å². The monoisotopic (exact) mass is 436 g/mol. The minimum atomic E-state index is -0.812. The first-order valence-electron chi connectivity index (χ1n) is 8.22. The maximum Gasteiger partial charge on any atom is 0.227 e. The van der Waals surface area contributed by atoms with E-state index in [0.717, 1.165) is 4.47 Å². The second-order valence-corrected chi connectivity index (χ2v) is 7.50. The number of nitrogens with one attached hydrogen (secondary N) is 1. The van der Waals surface area contributed by atoms with Gasteiger partial charge in [0, 0.05) is 24.0 Å². The molecule has 0 radical (unpaired) electrons. The van der Waals surface area contributed by atoms with Crippen LogP contribution in [0.2, 0.25) is 5.02 Å². The van der Waals surface area contributed by atoms with E-state index in [1.165, 1.54) is 4.90 Å². The van der Waals surface area contributed by atoms with Crippen LogP contribution in [0, 0.1) is 5.92 Å². The van der Waals surface area contributed by atoms with E-state index in [-0.39, 0.29) is 31.3 Å². The summed E-state index contributed by atoms with van der Waals surface area (Å²) >= 11 is 9.50. The summed E-state index contributed by atoms with van der Waals surface area (Å²) in [4.78, 5) is 26.2. The van der Waals surface area contributed by atoms with Gasteiger partial charge in [-0.3, -0.25) is 9.59 Å². The third-order valence-electron chi connectivity index (χ3n) is 4.34. The number of amides is 2. The normalized spacial score (nSPS) is 18.0. The molecular weight excluding hydrogens is 420 g/mol. The Morgan fingerprint density at radius 2 is 2.08 bits per heavy atom. The molecule has 0 unspecified atom stereocenters. The van der Waals surface area contributed by atoms with Gasteiger partial charge in [0.15, 0.2) is 0 Å². The van der Waals surface area contributed by atoms with Crippen molar-refractivity contribution in [1.82, 2.24) is 5.32 Å². The predicted octanol–water partition coefficient (Wildman–Crippen LogP) is 3.31. The highest BCUT2D eigenvalue weighted by Gasteiger charge is 2.35. The minimum Gasteiger partial charge on any atom is -0.387 e. The molecule has 136 valence electrons. The summed E-state index contributed by atoms with van der Waals surface area (Å²) in [6.07, 6.45) is -0.683. The molecule has 0 aliphatic carbocycles. The number of rotatable bonds is 5. The van der Waals surface area contributed by atoms with Crippen LogP contribution in [-0.4, -0.2) is 30.0 Å². The fraction of sp³-hybridized carbons (Fsp3) is 0.263. The quantitative estimate of drug-likeness (QED) is 0.754. The molecule has 0 saturated carbocycles. The molecule has 2 aromatic rings. The van der Waals surface area contributed by atoms with E-state index < -0.39 is 12.0 Å². The number of carbonyl (C=O) groups is 2. The van der Waals surface area contributed by atoms with E-state index in [9.17, 15) is 14.7 Å². The van der Waals surface area contributed by atoms with Crippen molar-refractivity contribution >= 4 is 45.0 Å². The molecule has 0 aromatic heterocycles. The first-order valence-corrected chi connectivity index (χ1v) is 9.39. The zero-order valence-corrected chi connectivity index (χ0v) is 16.2. The van der Waals surface area contributed by atoms with Crippen molar-refractivity contribution in [2.45, 2.75) is 12.5 Å². The molecule has 1 fully saturated rings. The first-order chi connectivity index (χ1) is 12.5. The van der Waals surface area contributed by atoms with Crippen LogP contribution in [0.1, 0.15) is 18.1 Å². The lowest BCUT2D eigenvalue weighted by molar-refractivity contribution is -0.126. The van der Waals surface area contributed by atoms with Crippen LogP contribution < -0.4 is 10.2 Å². The van der Waals surface area contributed by atoms with Gasteiger partial charge in [-0.05, 0) is 29.8 Å². The minimum absolute atomic E-state index is 0.0894. The van der Waals surface area contributed by atoms with E-state index in [0.29, 0.717) is 16.3 Å². The molecule has 0 spiro atoms. The lowest BCUT2D eigenvalue weighted by atomic mass is 10.1. The highest BCUT2D eigenvalue weighted by molar-refractivity contribution is 9.10. The average molecular weight is 438 g/mol. The third-order valence-corrected chi connectivity index (χ3v) is 5.16. The van der Waals surface area contributed by atoms with Crippen molar-refractivity contribution in [2.24, 2.45) is 5.92 Å². The van der Waals surface area contributed by atoms with Gasteiger partial charge in [-0.2, -0.15) is 0 Å². The van der Waals surface area contributed by atoms with Crippen molar-refractivity contribution in [3.8, 4) is 0 Å². The van der Waals surface area contributed by atoms with Crippen molar-refractivity contribution in [3.05, 3.63) is 63.6 Å². The Labute approximate surface area is 165 Å². The second kappa shape index (κ2) is 8.20. The number of hydrogen-bond acceptors (Lipinski definition) is 3. The molecule has 1 saturated heterocycles. The van der Waals surface area contributed by atoms with Gasteiger partial charge in [0.1, 0.15) is 0 Å². The Morgan fingerprint density at radius 1 is 1.31 bits per heavy atom.